The van der Waals surface area contributed by atoms with E-state index in [1.807, 2.05) is 0 Å². The average molecular weight is 274 g/mol. The lowest BCUT2D eigenvalue weighted by Crippen LogP contribution is -2.56. The Morgan fingerprint density at radius 3 is 3.05 bits per heavy atom. The van der Waals surface area contributed by atoms with Crippen LogP contribution in [-0.2, 0) is 6.42 Å². The lowest BCUT2D eigenvalue weighted by Gasteiger charge is -2.40. The highest BCUT2D eigenvalue weighted by atomic mass is 16.5. The molecule has 3 heteroatoms. The monoisotopic (exact) mass is 274 g/mol. The molecule has 1 aromatic rings. The summed E-state index contributed by atoms with van der Waals surface area (Å²) in [4.78, 5) is 2.64. The molecule has 110 valence electrons. The molecule has 0 bridgehead atoms. The van der Waals surface area contributed by atoms with Crippen molar-refractivity contribution in [1.82, 2.24) is 10.2 Å². The van der Waals surface area contributed by atoms with Crippen LogP contribution < -0.4 is 10.1 Å². The molecule has 1 fully saturated rings. The Bertz CT molecular complexity index is 423. The van der Waals surface area contributed by atoms with Crippen LogP contribution in [0.25, 0.3) is 0 Å². The van der Waals surface area contributed by atoms with Gasteiger partial charge in [0, 0.05) is 38.6 Å². The van der Waals surface area contributed by atoms with Gasteiger partial charge in [-0.15, -0.1) is 0 Å². The van der Waals surface area contributed by atoms with Crippen molar-refractivity contribution < 1.29 is 4.74 Å². The van der Waals surface area contributed by atoms with E-state index in [1.165, 1.54) is 12.0 Å². The second kappa shape index (κ2) is 6.15. The molecule has 1 saturated heterocycles. The largest absolute Gasteiger partial charge is 0.488 e. The number of ether oxygens (including phenoxy) is 1. The number of para-hydroxylation sites is 1. The van der Waals surface area contributed by atoms with Gasteiger partial charge in [0.05, 0.1) is 0 Å². The van der Waals surface area contributed by atoms with Crippen LogP contribution >= 0.6 is 0 Å². The minimum Gasteiger partial charge on any atom is -0.488 e. The van der Waals surface area contributed by atoms with Crippen molar-refractivity contribution in [3.63, 3.8) is 0 Å². The van der Waals surface area contributed by atoms with Gasteiger partial charge < -0.3 is 10.1 Å². The van der Waals surface area contributed by atoms with E-state index >= 15 is 0 Å². The number of hydrogen-bond acceptors (Lipinski definition) is 3. The van der Waals surface area contributed by atoms with Crippen LogP contribution in [0.4, 0.5) is 0 Å². The van der Waals surface area contributed by atoms with Crippen molar-refractivity contribution in [3.05, 3.63) is 29.8 Å². The number of nitrogens with one attached hydrogen (secondary N) is 1. The van der Waals surface area contributed by atoms with Gasteiger partial charge >= 0.3 is 0 Å². The summed E-state index contributed by atoms with van der Waals surface area (Å²) in [6.07, 6.45) is 2.64. The fraction of sp³-hybridized carbons (Fsp3) is 0.647. The Hall–Kier alpha value is -1.06. The van der Waals surface area contributed by atoms with Crippen LogP contribution in [0.3, 0.4) is 0 Å². The van der Waals surface area contributed by atoms with Gasteiger partial charge in [-0.05, 0) is 17.5 Å². The maximum absolute atomic E-state index is 6.11. The molecule has 0 amide bonds. The van der Waals surface area contributed by atoms with E-state index in [0.29, 0.717) is 12.1 Å². The van der Waals surface area contributed by atoms with Gasteiger partial charge in [0.25, 0.3) is 0 Å². The van der Waals surface area contributed by atoms with Gasteiger partial charge in [0.15, 0.2) is 0 Å². The number of fused-ring (bicyclic) bond motifs is 1. The Kier molecular flexibility index (Phi) is 4.27. The van der Waals surface area contributed by atoms with Gasteiger partial charge in [-0.3, -0.25) is 4.90 Å². The topological polar surface area (TPSA) is 24.5 Å². The third kappa shape index (κ3) is 2.84. The minimum absolute atomic E-state index is 0.331. The first kappa shape index (κ1) is 13.9. The number of nitrogens with zero attached hydrogens (tertiary/aromatic N) is 1. The molecule has 0 aliphatic carbocycles. The number of hydrogen-bond donors (Lipinski definition) is 1. The van der Waals surface area contributed by atoms with E-state index in [4.69, 9.17) is 4.74 Å². The van der Waals surface area contributed by atoms with E-state index in [-0.39, 0.29) is 0 Å². The summed E-state index contributed by atoms with van der Waals surface area (Å²) in [7, 11) is 0. The van der Waals surface area contributed by atoms with Crippen molar-refractivity contribution in [2.24, 2.45) is 5.92 Å². The molecule has 0 saturated carbocycles. The molecular formula is C17H26N2O. The highest BCUT2D eigenvalue weighted by Gasteiger charge is 2.31. The molecule has 2 heterocycles. The van der Waals surface area contributed by atoms with Crippen LogP contribution in [0.1, 0.15) is 25.8 Å². The van der Waals surface area contributed by atoms with Crippen molar-refractivity contribution in [3.8, 4) is 5.75 Å². The molecule has 20 heavy (non-hydrogen) atoms. The van der Waals surface area contributed by atoms with Crippen LogP contribution in [0.5, 0.6) is 5.75 Å². The zero-order valence-corrected chi connectivity index (χ0v) is 12.6. The molecule has 0 aromatic heterocycles. The van der Waals surface area contributed by atoms with Gasteiger partial charge in [0.1, 0.15) is 11.9 Å². The second-order valence-electron chi connectivity index (χ2n) is 6.20. The van der Waals surface area contributed by atoms with Crippen LogP contribution in [0.2, 0.25) is 0 Å². The summed E-state index contributed by atoms with van der Waals surface area (Å²) < 4.78 is 6.11. The Morgan fingerprint density at radius 2 is 2.25 bits per heavy atom. The molecule has 3 nitrogen and oxygen atoms in total. The molecule has 2 aliphatic rings. The Morgan fingerprint density at radius 1 is 1.40 bits per heavy atom. The third-order valence-corrected chi connectivity index (χ3v) is 4.85. The first-order valence-corrected chi connectivity index (χ1v) is 7.97. The highest BCUT2D eigenvalue weighted by molar-refractivity contribution is 5.37. The Labute approximate surface area is 122 Å². The van der Waals surface area contributed by atoms with Gasteiger partial charge in [-0.2, -0.15) is 0 Å². The number of rotatable bonds is 4. The predicted molar refractivity (Wildman–Crippen MR) is 82.2 cm³/mol. The normalized spacial score (nSPS) is 27.9. The fourth-order valence-corrected chi connectivity index (χ4v) is 3.44. The number of piperazine rings is 1. The van der Waals surface area contributed by atoms with E-state index in [9.17, 15) is 0 Å². The van der Waals surface area contributed by atoms with Crippen molar-refractivity contribution in [1.29, 1.82) is 0 Å². The Balaban J connectivity index is 1.62. The summed E-state index contributed by atoms with van der Waals surface area (Å²) in [6, 6.07) is 9.12. The standard InChI is InChI=1S/C17H26N2O/c1-3-13(2)16-11-18-8-9-19(16)12-15-10-14-6-4-5-7-17(14)20-15/h4-7,13,15-16,18H,3,8-12H2,1-2H3. The van der Waals surface area contributed by atoms with Crippen LogP contribution in [-0.4, -0.2) is 43.2 Å². The third-order valence-electron chi connectivity index (χ3n) is 4.85. The molecule has 0 radical (unpaired) electrons. The molecule has 2 aliphatic heterocycles. The van der Waals surface area contributed by atoms with Crippen LogP contribution in [0, 0.1) is 5.92 Å². The molecule has 3 atom stereocenters. The zero-order valence-electron chi connectivity index (χ0n) is 12.6. The van der Waals surface area contributed by atoms with Crippen molar-refractivity contribution in [2.45, 2.75) is 38.8 Å². The summed E-state index contributed by atoms with van der Waals surface area (Å²) >= 11 is 0. The van der Waals surface area contributed by atoms with Gasteiger partial charge in [-0.25, -0.2) is 0 Å². The van der Waals surface area contributed by atoms with Crippen molar-refractivity contribution >= 4 is 0 Å². The summed E-state index contributed by atoms with van der Waals surface area (Å²) in [5.41, 5.74) is 1.37. The summed E-state index contributed by atoms with van der Waals surface area (Å²) in [5.74, 6) is 1.83. The number of benzene rings is 1. The lowest BCUT2D eigenvalue weighted by atomic mass is 9.95. The second-order valence-corrected chi connectivity index (χ2v) is 6.20. The maximum Gasteiger partial charge on any atom is 0.123 e. The zero-order chi connectivity index (χ0) is 13.9. The van der Waals surface area contributed by atoms with Crippen molar-refractivity contribution in [2.75, 3.05) is 26.2 Å². The molecule has 3 rings (SSSR count). The fourth-order valence-electron chi connectivity index (χ4n) is 3.44. The van der Waals surface area contributed by atoms with E-state index < -0.39 is 0 Å². The molecule has 3 unspecified atom stereocenters. The molecule has 1 aromatic carbocycles. The SMILES string of the molecule is CCC(C)C1CNCCN1CC1Cc2ccccc2O1. The van der Waals surface area contributed by atoms with Gasteiger partial charge in [-0.1, -0.05) is 38.5 Å². The predicted octanol–water partition coefficient (Wildman–Crippen LogP) is 2.31. The smallest absolute Gasteiger partial charge is 0.123 e. The molecule has 1 N–H and O–H groups in total. The minimum atomic E-state index is 0.331. The van der Waals surface area contributed by atoms with E-state index in [0.717, 1.165) is 44.3 Å². The first-order valence-electron chi connectivity index (χ1n) is 7.97. The maximum atomic E-state index is 6.11. The quantitative estimate of drug-likeness (QED) is 0.912. The summed E-state index contributed by atoms with van der Waals surface area (Å²) in [5, 5.41) is 3.54. The highest BCUT2D eigenvalue weighted by Crippen LogP contribution is 2.29. The first-order chi connectivity index (χ1) is 9.78. The van der Waals surface area contributed by atoms with Crippen LogP contribution in [0.15, 0.2) is 24.3 Å². The van der Waals surface area contributed by atoms with E-state index in [1.54, 1.807) is 0 Å². The molecular weight excluding hydrogens is 248 g/mol. The lowest BCUT2D eigenvalue weighted by molar-refractivity contribution is 0.0718. The van der Waals surface area contributed by atoms with Gasteiger partial charge in [0.2, 0.25) is 0 Å². The molecule has 0 spiro atoms. The average Bonchev–Trinajstić information content (AvgIpc) is 2.89. The van der Waals surface area contributed by atoms with E-state index in [2.05, 4.69) is 48.3 Å². The summed E-state index contributed by atoms with van der Waals surface area (Å²) in [6.45, 7) is 9.09.